The molecule has 3 unspecified atom stereocenters. The lowest BCUT2D eigenvalue weighted by Crippen LogP contribution is -2.20. The van der Waals surface area contributed by atoms with Crippen molar-refractivity contribution in [2.75, 3.05) is 0 Å². The molecule has 0 fully saturated rings. The third-order valence-corrected chi connectivity index (χ3v) is 3.79. The summed E-state index contributed by atoms with van der Waals surface area (Å²) in [6.45, 7) is 12.9. The molecular weight excluding hydrogens is 164 g/mol. The molecule has 0 bridgehead atoms. The molecule has 0 aromatic rings. The predicted molar refractivity (Wildman–Crippen MR) is 60.8 cm³/mol. The van der Waals surface area contributed by atoms with Crippen LogP contribution in [0, 0.1) is 11.8 Å². The van der Waals surface area contributed by atoms with Gasteiger partial charge in [-0.15, -0.1) is 0 Å². The fourth-order valence-corrected chi connectivity index (χ4v) is 1.72. The van der Waals surface area contributed by atoms with Crippen LogP contribution in [-0.2, 0) is 0 Å². The lowest BCUT2D eigenvalue weighted by atomic mass is 9.88. The van der Waals surface area contributed by atoms with Gasteiger partial charge in [0.15, 0.2) is 0 Å². The first-order valence-corrected chi connectivity index (χ1v) is 5.41. The second-order valence-corrected chi connectivity index (χ2v) is 4.27. The van der Waals surface area contributed by atoms with E-state index in [-0.39, 0.29) is 0 Å². The summed E-state index contributed by atoms with van der Waals surface area (Å²) < 4.78 is 0. The minimum Gasteiger partial charge on any atom is -0.175 e. The van der Waals surface area contributed by atoms with E-state index in [0.29, 0.717) is 17.1 Å². The smallest absolute Gasteiger partial charge is 0.0105 e. The molecule has 0 heterocycles. The van der Waals surface area contributed by atoms with Crippen LogP contribution in [0.2, 0.25) is 0 Å². The van der Waals surface area contributed by atoms with Gasteiger partial charge in [0.2, 0.25) is 0 Å². The van der Waals surface area contributed by atoms with Gasteiger partial charge >= 0.3 is 0 Å². The molecule has 0 aromatic heterocycles. The zero-order valence-corrected chi connectivity index (χ0v) is 9.70. The van der Waals surface area contributed by atoms with Crippen LogP contribution in [0.5, 0.6) is 0 Å². The summed E-state index contributed by atoms with van der Waals surface area (Å²) in [7, 11) is 0. The normalized spacial score (nSPS) is 18.4. The minimum absolute atomic E-state index is 0.474. The summed E-state index contributed by atoms with van der Waals surface area (Å²) in [5.74, 6) is 1.24. The van der Waals surface area contributed by atoms with Crippen molar-refractivity contribution in [2.45, 2.75) is 45.8 Å². The Labute approximate surface area is 82.9 Å². The molecule has 0 amide bonds. The van der Waals surface area contributed by atoms with Crippen molar-refractivity contribution >= 4 is 12.6 Å². The largest absolute Gasteiger partial charge is 0.175 e. The molecule has 3 atom stereocenters. The summed E-state index contributed by atoms with van der Waals surface area (Å²) in [5.41, 5.74) is 1.33. The molecule has 0 aliphatic carbocycles. The van der Waals surface area contributed by atoms with Crippen LogP contribution < -0.4 is 0 Å². The zero-order chi connectivity index (χ0) is 9.72. The first kappa shape index (κ1) is 12.1. The Hall–Kier alpha value is 0.0900. The molecule has 0 aliphatic heterocycles. The highest BCUT2D eigenvalue weighted by Crippen LogP contribution is 2.27. The Kier molecular flexibility index (Phi) is 5.73. The van der Waals surface area contributed by atoms with E-state index in [0.717, 1.165) is 6.42 Å². The van der Waals surface area contributed by atoms with Gasteiger partial charge in [-0.05, 0) is 18.3 Å². The van der Waals surface area contributed by atoms with Crippen molar-refractivity contribution in [1.82, 2.24) is 0 Å². The van der Waals surface area contributed by atoms with Crippen molar-refractivity contribution in [3.63, 3.8) is 0 Å². The summed E-state index contributed by atoms with van der Waals surface area (Å²) in [6, 6.07) is 0. The summed E-state index contributed by atoms with van der Waals surface area (Å²) in [5, 5.41) is 0.474. The molecule has 72 valence electrons. The van der Waals surface area contributed by atoms with E-state index >= 15 is 0 Å². The van der Waals surface area contributed by atoms with Gasteiger partial charge in [-0.25, -0.2) is 0 Å². The van der Waals surface area contributed by atoms with E-state index in [2.05, 4.69) is 46.9 Å². The van der Waals surface area contributed by atoms with Gasteiger partial charge in [0, 0.05) is 5.25 Å². The molecule has 0 radical (unpaired) electrons. The molecule has 0 nitrogen and oxygen atoms in total. The quantitative estimate of drug-likeness (QED) is 0.488. The maximum atomic E-state index is 4.63. The van der Waals surface area contributed by atoms with Crippen LogP contribution in [-0.4, -0.2) is 5.25 Å². The van der Waals surface area contributed by atoms with Crippen LogP contribution in [0.15, 0.2) is 12.2 Å². The molecule has 0 saturated carbocycles. The molecule has 0 aliphatic rings. The number of rotatable bonds is 5. The van der Waals surface area contributed by atoms with Gasteiger partial charge < -0.3 is 0 Å². The standard InChI is InChI=1S/C11H22S/c1-6-8(3)10(5)11(12)9(4)7-2/h9-12H,3,6-7H2,1-2,4-5H3. The highest BCUT2D eigenvalue weighted by atomic mass is 32.1. The van der Waals surface area contributed by atoms with E-state index in [4.69, 9.17) is 0 Å². The second-order valence-electron chi connectivity index (χ2n) is 3.68. The molecule has 12 heavy (non-hydrogen) atoms. The van der Waals surface area contributed by atoms with E-state index < -0.39 is 0 Å². The third-order valence-electron chi connectivity index (χ3n) is 2.84. The number of hydrogen-bond donors (Lipinski definition) is 1. The predicted octanol–water partition coefficient (Wildman–Crippen LogP) is 3.93. The Balaban J connectivity index is 4.08. The molecule has 0 N–H and O–H groups in total. The van der Waals surface area contributed by atoms with Crippen LogP contribution in [0.4, 0.5) is 0 Å². The van der Waals surface area contributed by atoms with Crippen molar-refractivity contribution in [3.8, 4) is 0 Å². The molecule has 0 aromatic carbocycles. The zero-order valence-electron chi connectivity index (χ0n) is 8.80. The van der Waals surface area contributed by atoms with Gasteiger partial charge in [-0.1, -0.05) is 46.3 Å². The maximum absolute atomic E-state index is 4.63. The summed E-state index contributed by atoms with van der Waals surface area (Å²) >= 11 is 4.63. The second kappa shape index (κ2) is 5.69. The van der Waals surface area contributed by atoms with Gasteiger partial charge in [0.05, 0.1) is 0 Å². The molecular formula is C11H22S. The highest BCUT2D eigenvalue weighted by molar-refractivity contribution is 7.81. The van der Waals surface area contributed by atoms with Crippen LogP contribution in [0.1, 0.15) is 40.5 Å². The monoisotopic (exact) mass is 186 g/mol. The lowest BCUT2D eigenvalue weighted by molar-refractivity contribution is 0.456. The number of hydrogen-bond acceptors (Lipinski definition) is 1. The van der Waals surface area contributed by atoms with E-state index in [9.17, 15) is 0 Å². The first-order chi connectivity index (χ1) is 5.54. The van der Waals surface area contributed by atoms with Crippen molar-refractivity contribution in [3.05, 3.63) is 12.2 Å². The van der Waals surface area contributed by atoms with E-state index in [1.807, 2.05) is 0 Å². The summed E-state index contributed by atoms with van der Waals surface area (Å²) in [4.78, 5) is 0. The topological polar surface area (TPSA) is 0 Å². The van der Waals surface area contributed by atoms with Crippen molar-refractivity contribution in [2.24, 2.45) is 11.8 Å². The van der Waals surface area contributed by atoms with Gasteiger partial charge in [0.1, 0.15) is 0 Å². The first-order valence-electron chi connectivity index (χ1n) is 4.90. The molecule has 1 heteroatoms. The van der Waals surface area contributed by atoms with Crippen molar-refractivity contribution < 1.29 is 0 Å². The third kappa shape index (κ3) is 3.22. The van der Waals surface area contributed by atoms with Gasteiger partial charge in [0.25, 0.3) is 0 Å². The maximum Gasteiger partial charge on any atom is 0.0105 e. The minimum atomic E-state index is 0.474. The highest BCUT2D eigenvalue weighted by Gasteiger charge is 2.19. The number of thiol groups is 1. The average Bonchev–Trinajstić information content (AvgIpc) is 2.12. The Morgan fingerprint density at radius 1 is 1.33 bits per heavy atom. The summed E-state index contributed by atoms with van der Waals surface area (Å²) in [6.07, 6.45) is 2.28. The Morgan fingerprint density at radius 2 is 1.83 bits per heavy atom. The van der Waals surface area contributed by atoms with Gasteiger partial charge in [-0.2, -0.15) is 12.6 Å². The fraction of sp³-hybridized carbons (Fsp3) is 0.818. The van der Waals surface area contributed by atoms with Crippen LogP contribution in [0.3, 0.4) is 0 Å². The van der Waals surface area contributed by atoms with E-state index in [1.54, 1.807) is 0 Å². The van der Waals surface area contributed by atoms with Crippen LogP contribution in [0.25, 0.3) is 0 Å². The van der Waals surface area contributed by atoms with Gasteiger partial charge in [-0.3, -0.25) is 0 Å². The molecule has 0 spiro atoms. The Bertz CT molecular complexity index is 140. The fourth-order valence-electron chi connectivity index (χ4n) is 1.30. The SMILES string of the molecule is C=C(CC)C(C)C(S)C(C)CC. The molecule has 0 saturated heterocycles. The lowest BCUT2D eigenvalue weighted by Gasteiger charge is -2.25. The van der Waals surface area contributed by atoms with E-state index in [1.165, 1.54) is 12.0 Å². The molecule has 0 rings (SSSR count). The van der Waals surface area contributed by atoms with Crippen molar-refractivity contribution in [1.29, 1.82) is 0 Å². The van der Waals surface area contributed by atoms with Crippen LogP contribution >= 0.6 is 12.6 Å². The Morgan fingerprint density at radius 3 is 2.17 bits per heavy atom. The average molecular weight is 186 g/mol. The number of allylic oxidation sites excluding steroid dienone is 1.